The largest absolute Gasteiger partial charge is 0.351 e. The highest BCUT2D eigenvalue weighted by Gasteiger charge is 2.12. The predicted octanol–water partition coefficient (Wildman–Crippen LogP) is 2.94. The highest BCUT2D eigenvalue weighted by molar-refractivity contribution is 7.99. The molecule has 0 aliphatic heterocycles. The highest BCUT2D eigenvalue weighted by Crippen LogP contribution is 2.23. The molecule has 2 aromatic heterocycles. The Morgan fingerprint density at radius 2 is 2.04 bits per heavy atom. The number of nitrogens with zero attached hydrogens (tertiary/aromatic N) is 4. The van der Waals surface area contributed by atoms with Crippen LogP contribution in [0.1, 0.15) is 5.56 Å². The average molecular weight is 374 g/mol. The van der Waals surface area contributed by atoms with Gasteiger partial charge in [-0.3, -0.25) is 9.78 Å². The summed E-state index contributed by atoms with van der Waals surface area (Å²) in [5.74, 6) is 0.937. The maximum Gasteiger partial charge on any atom is 0.230 e. The Kier molecular flexibility index (Phi) is 5.67. The van der Waals surface area contributed by atoms with Crippen LogP contribution in [0, 0.1) is 0 Å². The number of nitrogens with one attached hydrogen (secondary N) is 1. The molecule has 2 heterocycles. The normalized spacial score (nSPS) is 10.6. The monoisotopic (exact) mass is 373 g/mol. The van der Waals surface area contributed by atoms with Gasteiger partial charge in [0.2, 0.25) is 5.91 Å². The molecule has 1 aromatic carbocycles. The first-order chi connectivity index (χ1) is 12.1. The molecule has 128 valence electrons. The first-order valence-electron chi connectivity index (χ1n) is 7.57. The average Bonchev–Trinajstić information content (AvgIpc) is 3.00. The molecular formula is C17H16ClN5OS. The highest BCUT2D eigenvalue weighted by atomic mass is 35.5. The standard InChI is InChI=1S/C17H16ClN5OS/c1-23-16(13-4-6-14(18)7-5-13)21-22-17(23)25-11-15(24)20-10-12-3-2-8-19-9-12/h2-9H,10-11H2,1H3,(H,20,24). The van der Waals surface area contributed by atoms with Gasteiger partial charge >= 0.3 is 0 Å². The number of pyridine rings is 1. The second-order valence-electron chi connectivity index (χ2n) is 5.30. The van der Waals surface area contributed by atoms with Gasteiger partial charge in [-0.1, -0.05) is 29.4 Å². The number of thioether (sulfide) groups is 1. The molecule has 0 atom stereocenters. The molecule has 0 fully saturated rings. The van der Waals surface area contributed by atoms with E-state index in [0.29, 0.717) is 16.7 Å². The van der Waals surface area contributed by atoms with Crippen molar-refractivity contribution in [2.24, 2.45) is 7.05 Å². The SMILES string of the molecule is Cn1c(SCC(=O)NCc2cccnc2)nnc1-c1ccc(Cl)cc1. The van der Waals surface area contributed by atoms with E-state index in [1.54, 1.807) is 12.4 Å². The molecule has 0 radical (unpaired) electrons. The Morgan fingerprint density at radius 1 is 1.24 bits per heavy atom. The van der Waals surface area contributed by atoms with E-state index in [0.717, 1.165) is 17.0 Å². The lowest BCUT2D eigenvalue weighted by molar-refractivity contribution is -0.118. The molecule has 1 N–H and O–H groups in total. The van der Waals surface area contributed by atoms with Crippen molar-refractivity contribution in [2.45, 2.75) is 11.7 Å². The van der Waals surface area contributed by atoms with Crippen LogP contribution >= 0.6 is 23.4 Å². The first kappa shape index (κ1) is 17.4. The van der Waals surface area contributed by atoms with Crippen molar-refractivity contribution < 1.29 is 4.79 Å². The van der Waals surface area contributed by atoms with Gasteiger partial charge in [0, 0.05) is 36.6 Å². The molecule has 6 nitrogen and oxygen atoms in total. The third-order valence-electron chi connectivity index (χ3n) is 3.48. The topological polar surface area (TPSA) is 72.7 Å². The van der Waals surface area contributed by atoms with Crippen LogP contribution in [0.5, 0.6) is 0 Å². The van der Waals surface area contributed by atoms with Crippen LogP contribution in [-0.4, -0.2) is 31.4 Å². The number of carbonyl (C=O) groups excluding carboxylic acids is 1. The fraction of sp³-hybridized carbons (Fsp3) is 0.176. The van der Waals surface area contributed by atoms with Crippen molar-refractivity contribution in [1.29, 1.82) is 0 Å². The zero-order valence-electron chi connectivity index (χ0n) is 13.5. The van der Waals surface area contributed by atoms with Crippen LogP contribution in [0.15, 0.2) is 53.9 Å². The van der Waals surface area contributed by atoms with Crippen LogP contribution in [0.4, 0.5) is 0 Å². The molecule has 1 amide bonds. The van der Waals surface area contributed by atoms with Crippen molar-refractivity contribution in [1.82, 2.24) is 25.1 Å². The van der Waals surface area contributed by atoms with Crippen LogP contribution in [0.3, 0.4) is 0 Å². The summed E-state index contributed by atoms with van der Waals surface area (Å²) in [5, 5.41) is 12.6. The second-order valence-corrected chi connectivity index (χ2v) is 6.68. The van der Waals surface area contributed by atoms with Crippen molar-refractivity contribution >= 4 is 29.3 Å². The van der Waals surface area contributed by atoms with Crippen molar-refractivity contribution in [3.05, 3.63) is 59.4 Å². The molecule has 3 aromatic rings. The zero-order valence-corrected chi connectivity index (χ0v) is 15.1. The molecule has 0 unspecified atom stereocenters. The van der Waals surface area contributed by atoms with Crippen LogP contribution in [0.2, 0.25) is 5.02 Å². The van der Waals surface area contributed by atoms with E-state index in [2.05, 4.69) is 20.5 Å². The molecule has 0 aliphatic rings. The Morgan fingerprint density at radius 3 is 2.76 bits per heavy atom. The van der Waals surface area contributed by atoms with Gasteiger partial charge in [-0.05, 0) is 35.9 Å². The first-order valence-corrected chi connectivity index (χ1v) is 8.93. The zero-order chi connectivity index (χ0) is 17.6. The number of carbonyl (C=O) groups is 1. The fourth-order valence-electron chi connectivity index (χ4n) is 2.18. The van der Waals surface area contributed by atoms with Gasteiger partial charge in [-0.15, -0.1) is 10.2 Å². The van der Waals surface area contributed by atoms with Crippen LogP contribution in [-0.2, 0) is 18.4 Å². The number of rotatable bonds is 6. The molecule has 3 rings (SSSR count). The van der Waals surface area contributed by atoms with Gasteiger partial charge in [0.25, 0.3) is 0 Å². The summed E-state index contributed by atoms with van der Waals surface area (Å²) in [4.78, 5) is 16.0. The van der Waals surface area contributed by atoms with Gasteiger partial charge < -0.3 is 9.88 Å². The lowest BCUT2D eigenvalue weighted by Gasteiger charge is -2.06. The molecule has 0 bridgehead atoms. The third-order valence-corrected chi connectivity index (χ3v) is 4.75. The van der Waals surface area contributed by atoms with E-state index in [-0.39, 0.29) is 11.7 Å². The van der Waals surface area contributed by atoms with Gasteiger partial charge in [0.15, 0.2) is 11.0 Å². The number of hydrogen-bond donors (Lipinski definition) is 1. The molecule has 0 saturated heterocycles. The second kappa shape index (κ2) is 8.13. The van der Waals surface area contributed by atoms with Crippen molar-refractivity contribution in [2.75, 3.05) is 5.75 Å². The Labute approximate surface area is 154 Å². The van der Waals surface area contributed by atoms with E-state index in [4.69, 9.17) is 11.6 Å². The molecular weight excluding hydrogens is 358 g/mol. The summed E-state index contributed by atoms with van der Waals surface area (Å²) < 4.78 is 1.86. The van der Waals surface area contributed by atoms with E-state index in [1.807, 2.05) is 48.0 Å². The molecule has 0 aliphatic carbocycles. The van der Waals surface area contributed by atoms with E-state index < -0.39 is 0 Å². The number of benzene rings is 1. The van der Waals surface area contributed by atoms with Gasteiger partial charge in [-0.25, -0.2) is 0 Å². The third kappa shape index (κ3) is 4.58. The van der Waals surface area contributed by atoms with Gasteiger partial charge in [0.1, 0.15) is 0 Å². The summed E-state index contributed by atoms with van der Waals surface area (Å²) >= 11 is 7.25. The molecule has 0 saturated carbocycles. The molecule has 25 heavy (non-hydrogen) atoms. The van der Waals surface area contributed by atoms with Gasteiger partial charge in [0.05, 0.1) is 5.75 Å². The summed E-state index contributed by atoms with van der Waals surface area (Å²) in [6.07, 6.45) is 3.43. The fourth-order valence-corrected chi connectivity index (χ4v) is 3.04. The number of halogens is 1. The lowest BCUT2D eigenvalue weighted by atomic mass is 10.2. The summed E-state index contributed by atoms with van der Waals surface area (Å²) in [6, 6.07) is 11.2. The van der Waals surface area contributed by atoms with E-state index >= 15 is 0 Å². The van der Waals surface area contributed by atoms with Crippen LogP contribution in [0.25, 0.3) is 11.4 Å². The maximum absolute atomic E-state index is 12.0. The minimum atomic E-state index is -0.0649. The summed E-state index contributed by atoms with van der Waals surface area (Å²) in [7, 11) is 1.87. The smallest absolute Gasteiger partial charge is 0.230 e. The summed E-state index contributed by atoms with van der Waals surface area (Å²) in [6.45, 7) is 0.460. The molecule has 0 spiro atoms. The number of amides is 1. The quantitative estimate of drug-likeness (QED) is 0.672. The number of hydrogen-bond acceptors (Lipinski definition) is 5. The van der Waals surface area contributed by atoms with Crippen LogP contribution < -0.4 is 5.32 Å². The number of aromatic nitrogens is 4. The minimum Gasteiger partial charge on any atom is -0.351 e. The maximum atomic E-state index is 12.0. The predicted molar refractivity (Wildman–Crippen MR) is 98.3 cm³/mol. The Balaban J connectivity index is 1.56. The van der Waals surface area contributed by atoms with Crippen molar-refractivity contribution in [3.63, 3.8) is 0 Å². The molecule has 8 heteroatoms. The van der Waals surface area contributed by atoms with Gasteiger partial charge in [-0.2, -0.15) is 0 Å². The minimum absolute atomic E-state index is 0.0649. The van der Waals surface area contributed by atoms with Crippen molar-refractivity contribution in [3.8, 4) is 11.4 Å². The lowest BCUT2D eigenvalue weighted by Crippen LogP contribution is -2.24. The Hall–Kier alpha value is -2.38. The Bertz CT molecular complexity index is 851. The van der Waals surface area contributed by atoms with E-state index in [9.17, 15) is 4.79 Å². The summed E-state index contributed by atoms with van der Waals surface area (Å²) in [5.41, 5.74) is 1.89. The van der Waals surface area contributed by atoms with E-state index in [1.165, 1.54) is 11.8 Å².